The number of hydrogen-bond acceptors (Lipinski definition) is 4. The molecule has 2 N–H and O–H groups in total. The number of methoxy groups -OCH3 is 1. The summed E-state index contributed by atoms with van der Waals surface area (Å²) in [4.78, 5) is 0. The van der Waals surface area contributed by atoms with Gasteiger partial charge in [0.2, 0.25) is 0 Å². The van der Waals surface area contributed by atoms with Crippen molar-refractivity contribution in [1.29, 1.82) is 0 Å². The summed E-state index contributed by atoms with van der Waals surface area (Å²) in [5.41, 5.74) is 8.10. The topological polar surface area (TPSA) is 61.3 Å². The number of halogens is 1. The van der Waals surface area contributed by atoms with E-state index in [0.717, 1.165) is 16.8 Å². The van der Waals surface area contributed by atoms with Gasteiger partial charge in [0.05, 0.1) is 18.4 Å². The predicted molar refractivity (Wildman–Crippen MR) is 66.1 cm³/mol. The van der Waals surface area contributed by atoms with E-state index in [1.807, 2.05) is 6.92 Å². The lowest BCUT2D eigenvalue weighted by Crippen LogP contribution is -1.99. The maximum absolute atomic E-state index is 5.98. The molecule has 0 aliphatic rings. The summed E-state index contributed by atoms with van der Waals surface area (Å²) in [6, 6.07) is 5.32. The Balaban J connectivity index is 2.62. The first-order chi connectivity index (χ1) is 8.17. The second kappa shape index (κ2) is 4.77. The standard InChI is InChI=1S/C12H13ClN2O2/c1-7-10(6-14)12(17-15-7)9-5-8(13)3-4-11(9)16-2/h3-5H,6,14H2,1-2H3. The van der Waals surface area contributed by atoms with E-state index in [2.05, 4.69) is 5.16 Å². The van der Waals surface area contributed by atoms with E-state index in [9.17, 15) is 0 Å². The molecule has 0 fully saturated rings. The number of aromatic nitrogens is 1. The third kappa shape index (κ3) is 2.14. The first kappa shape index (κ1) is 12.0. The molecule has 0 radical (unpaired) electrons. The van der Waals surface area contributed by atoms with E-state index in [0.29, 0.717) is 23.1 Å². The fourth-order valence-corrected chi connectivity index (χ4v) is 1.87. The maximum atomic E-state index is 5.98. The highest BCUT2D eigenvalue weighted by Gasteiger charge is 2.17. The Morgan fingerprint density at radius 1 is 1.47 bits per heavy atom. The molecule has 2 aromatic rings. The zero-order valence-electron chi connectivity index (χ0n) is 9.66. The molecule has 0 amide bonds. The molecule has 17 heavy (non-hydrogen) atoms. The quantitative estimate of drug-likeness (QED) is 0.912. The van der Waals surface area contributed by atoms with Crippen LogP contribution in [0.1, 0.15) is 11.3 Å². The van der Waals surface area contributed by atoms with E-state index >= 15 is 0 Å². The Bertz CT molecular complexity index is 537. The summed E-state index contributed by atoms with van der Waals surface area (Å²) in [6.45, 7) is 2.21. The predicted octanol–water partition coefficient (Wildman–Crippen LogP) is 2.77. The summed E-state index contributed by atoms with van der Waals surface area (Å²) < 4.78 is 10.6. The van der Waals surface area contributed by atoms with Crippen LogP contribution in [0.4, 0.5) is 0 Å². The van der Waals surface area contributed by atoms with Crippen molar-refractivity contribution in [1.82, 2.24) is 5.16 Å². The van der Waals surface area contributed by atoms with Gasteiger partial charge in [-0.3, -0.25) is 0 Å². The molecule has 5 heteroatoms. The Morgan fingerprint density at radius 2 is 2.24 bits per heavy atom. The zero-order chi connectivity index (χ0) is 12.4. The fraction of sp³-hybridized carbons (Fsp3) is 0.250. The first-order valence-corrected chi connectivity index (χ1v) is 5.54. The second-order valence-corrected chi connectivity index (χ2v) is 4.06. The molecule has 0 spiro atoms. The highest BCUT2D eigenvalue weighted by atomic mass is 35.5. The fourth-order valence-electron chi connectivity index (χ4n) is 1.70. The van der Waals surface area contributed by atoms with Gasteiger partial charge in [0, 0.05) is 17.1 Å². The van der Waals surface area contributed by atoms with Crippen molar-refractivity contribution < 1.29 is 9.26 Å². The Kier molecular flexibility index (Phi) is 3.36. The normalized spacial score (nSPS) is 10.6. The Hall–Kier alpha value is -1.52. The van der Waals surface area contributed by atoms with E-state index in [-0.39, 0.29) is 0 Å². The van der Waals surface area contributed by atoms with Crippen molar-refractivity contribution >= 4 is 11.6 Å². The van der Waals surface area contributed by atoms with Gasteiger partial charge in [-0.1, -0.05) is 16.8 Å². The summed E-state index contributed by atoms with van der Waals surface area (Å²) in [5, 5.41) is 4.52. The molecule has 0 bridgehead atoms. The van der Waals surface area contributed by atoms with Crippen LogP contribution in [0.2, 0.25) is 5.02 Å². The second-order valence-electron chi connectivity index (χ2n) is 3.62. The number of aryl methyl sites for hydroxylation is 1. The maximum Gasteiger partial charge on any atom is 0.175 e. The molecule has 1 aromatic heterocycles. The van der Waals surface area contributed by atoms with Gasteiger partial charge in [-0.15, -0.1) is 0 Å². The van der Waals surface area contributed by atoms with Gasteiger partial charge in [-0.05, 0) is 25.1 Å². The van der Waals surface area contributed by atoms with Crippen LogP contribution in [-0.2, 0) is 6.54 Å². The third-order valence-electron chi connectivity index (χ3n) is 2.59. The lowest BCUT2D eigenvalue weighted by atomic mass is 10.1. The van der Waals surface area contributed by atoms with Gasteiger partial charge >= 0.3 is 0 Å². The minimum Gasteiger partial charge on any atom is -0.496 e. The number of rotatable bonds is 3. The van der Waals surface area contributed by atoms with Gasteiger partial charge in [-0.2, -0.15) is 0 Å². The van der Waals surface area contributed by atoms with Crippen molar-refractivity contribution in [3.63, 3.8) is 0 Å². The molecular formula is C12H13ClN2O2. The summed E-state index contributed by atoms with van der Waals surface area (Å²) in [5.74, 6) is 1.30. The molecule has 1 heterocycles. The van der Waals surface area contributed by atoms with Crippen LogP contribution in [0.15, 0.2) is 22.7 Å². The number of hydrogen-bond donors (Lipinski definition) is 1. The van der Waals surface area contributed by atoms with Gasteiger partial charge in [0.15, 0.2) is 5.76 Å². The number of nitrogens with two attached hydrogens (primary N) is 1. The smallest absolute Gasteiger partial charge is 0.175 e. The van der Waals surface area contributed by atoms with Crippen LogP contribution in [-0.4, -0.2) is 12.3 Å². The summed E-state index contributed by atoms with van der Waals surface area (Å²) in [6.07, 6.45) is 0. The van der Waals surface area contributed by atoms with Crippen molar-refractivity contribution in [3.05, 3.63) is 34.5 Å². The zero-order valence-corrected chi connectivity index (χ0v) is 10.4. The minimum absolute atomic E-state index is 0.361. The highest BCUT2D eigenvalue weighted by molar-refractivity contribution is 6.30. The molecule has 0 unspecified atom stereocenters. The molecule has 0 saturated carbocycles. The Morgan fingerprint density at radius 3 is 2.88 bits per heavy atom. The molecule has 0 aliphatic heterocycles. The van der Waals surface area contributed by atoms with Gasteiger partial charge in [0.25, 0.3) is 0 Å². The monoisotopic (exact) mass is 252 g/mol. The summed E-state index contributed by atoms with van der Waals surface area (Å²) >= 11 is 5.98. The number of benzene rings is 1. The first-order valence-electron chi connectivity index (χ1n) is 5.16. The molecule has 0 saturated heterocycles. The van der Waals surface area contributed by atoms with Crippen molar-refractivity contribution in [3.8, 4) is 17.1 Å². The van der Waals surface area contributed by atoms with E-state index in [4.69, 9.17) is 26.6 Å². The molecule has 90 valence electrons. The van der Waals surface area contributed by atoms with E-state index < -0.39 is 0 Å². The van der Waals surface area contributed by atoms with Crippen LogP contribution in [0.25, 0.3) is 11.3 Å². The number of nitrogens with zero attached hydrogens (tertiary/aromatic N) is 1. The SMILES string of the molecule is COc1ccc(Cl)cc1-c1onc(C)c1CN. The van der Waals surface area contributed by atoms with E-state index in [1.165, 1.54) is 0 Å². The van der Waals surface area contributed by atoms with Gasteiger partial charge in [-0.25, -0.2) is 0 Å². The van der Waals surface area contributed by atoms with Crippen molar-refractivity contribution in [2.75, 3.05) is 7.11 Å². The Labute approximate surface area is 104 Å². The third-order valence-corrected chi connectivity index (χ3v) is 2.83. The van der Waals surface area contributed by atoms with Crippen molar-refractivity contribution in [2.45, 2.75) is 13.5 Å². The van der Waals surface area contributed by atoms with Gasteiger partial charge in [0.1, 0.15) is 5.75 Å². The van der Waals surface area contributed by atoms with Crippen LogP contribution in [0, 0.1) is 6.92 Å². The van der Waals surface area contributed by atoms with E-state index in [1.54, 1.807) is 25.3 Å². The average molecular weight is 253 g/mol. The molecule has 2 rings (SSSR count). The van der Waals surface area contributed by atoms with Crippen LogP contribution >= 0.6 is 11.6 Å². The average Bonchev–Trinajstić information content (AvgIpc) is 2.70. The van der Waals surface area contributed by atoms with Gasteiger partial charge < -0.3 is 15.0 Å². The molecule has 0 atom stereocenters. The van der Waals surface area contributed by atoms with Crippen LogP contribution in [0.5, 0.6) is 5.75 Å². The molecular weight excluding hydrogens is 240 g/mol. The molecule has 0 aliphatic carbocycles. The highest BCUT2D eigenvalue weighted by Crippen LogP contribution is 2.35. The largest absolute Gasteiger partial charge is 0.496 e. The van der Waals surface area contributed by atoms with Crippen LogP contribution < -0.4 is 10.5 Å². The lowest BCUT2D eigenvalue weighted by molar-refractivity contribution is 0.404. The van der Waals surface area contributed by atoms with Crippen LogP contribution in [0.3, 0.4) is 0 Å². The number of ether oxygens (including phenoxy) is 1. The lowest BCUT2D eigenvalue weighted by Gasteiger charge is -2.07. The summed E-state index contributed by atoms with van der Waals surface area (Å²) in [7, 11) is 1.60. The van der Waals surface area contributed by atoms with Crippen molar-refractivity contribution in [2.24, 2.45) is 5.73 Å². The molecule has 4 nitrogen and oxygen atoms in total. The minimum atomic E-state index is 0.361. The molecule has 1 aromatic carbocycles.